The zero-order valence-electron chi connectivity index (χ0n) is 17.2. The Morgan fingerprint density at radius 2 is 1.97 bits per heavy atom. The average molecular weight is 438 g/mol. The number of nitro groups is 1. The van der Waals surface area contributed by atoms with Gasteiger partial charge in [0.2, 0.25) is 5.91 Å². The van der Waals surface area contributed by atoms with Crippen molar-refractivity contribution in [3.63, 3.8) is 0 Å². The molecule has 1 N–H and O–H groups in total. The fraction of sp³-hybridized carbons (Fsp3) is 0.444. The van der Waals surface area contributed by atoms with Crippen LogP contribution in [-0.2, 0) is 20.8 Å². The van der Waals surface area contributed by atoms with E-state index in [-0.39, 0.29) is 40.0 Å². The molecule has 0 aliphatic rings. The molecule has 0 bridgehead atoms. The minimum atomic E-state index is -0.685. The lowest BCUT2D eigenvalue weighted by Gasteiger charge is -2.10. The van der Waals surface area contributed by atoms with Crippen LogP contribution in [0.5, 0.6) is 0 Å². The van der Waals surface area contributed by atoms with E-state index in [4.69, 9.17) is 9.47 Å². The van der Waals surface area contributed by atoms with Gasteiger partial charge in [0.25, 0.3) is 0 Å². The molecule has 0 aliphatic heterocycles. The summed E-state index contributed by atoms with van der Waals surface area (Å²) in [5, 5.41) is 17.5. The number of aromatic nitrogens is 2. The largest absolute Gasteiger partial charge is 0.462 e. The maximum atomic E-state index is 12.6. The number of thiophene rings is 1. The molecule has 30 heavy (non-hydrogen) atoms. The quantitative estimate of drug-likeness (QED) is 0.376. The first-order valence-corrected chi connectivity index (χ1v) is 9.86. The van der Waals surface area contributed by atoms with Gasteiger partial charge in [0.1, 0.15) is 28.3 Å². The third-order valence-corrected chi connectivity index (χ3v) is 5.16. The van der Waals surface area contributed by atoms with Crippen molar-refractivity contribution in [2.75, 3.05) is 11.9 Å². The predicted molar refractivity (Wildman–Crippen MR) is 108 cm³/mol. The molecule has 0 aliphatic carbocycles. The van der Waals surface area contributed by atoms with Crippen LogP contribution in [0.4, 0.5) is 10.7 Å². The van der Waals surface area contributed by atoms with E-state index in [0.717, 1.165) is 17.5 Å². The second-order valence-electron chi connectivity index (χ2n) is 6.51. The van der Waals surface area contributed by atoms with Crippen LogP contribution >= 0.6 is 11.3 Å². The zero-order valence-corrected chi connectivity index (χ0v) is 18.0. The smallest absolute Gasteiger partial charge is 0.348 e. The Bertz CT molecular complexity index is 993. The van der Waals surface area contributed by atoms with E-state index < -0.39 is 28.9 Å². The molecule has 0 saturated heterocycles. The van der Waals surface area contributed by atoms with Crippen LogP contribution in [0.15, 0.2) is 6.20 Å². The van der Waals surface area contributed by atoms with Crippen molar-refractivity contribution in [2.24, 2.45) is 0 Å². The molecule has 0 spiro atoms. The zero-order chi connectivity index (χ0) is 22.6. The van der Waals surface area contributed by atoms with Gasteiger partial charge in [0.05, 0.1) is 23.2 Å². The summed E-state index contributed by atoms with van der Waals surface area (Å²) < 4.78 is 11.4. The Balaban J connectivity index is 2.33. The van der Waals surface area contributed by atoms with E-state index in [1.165, 1.54) is 11.6 Å². The van der Waals surface area contributed by atoms with Crippen molar-refractivity contribution in [3.05, 3.63) is 38.0 Å². The van der Waals surface area contributed by atoms with E-state index in [0.29, 0.717) is 5.56 Å². The molecule has 11 nitrogen and oxygen atoms in total. The Kier molecular flexibility index (Phi) is 7.27. The van der Waals surface area contributed by atoms with Crippen molar-refractivity contribution in [1.29, 1.82) is 0 Å². The minimum absolute atomic E-state index is 0.0632. The molecule has 0 atom stereocenters. The third kappa shape index (κ3) is 5.00. The van der Waals surface area contributed by atoms with E-state index >= 15 is 0 Å². The molecule has 2 rings (SSSR count). The van der Waals surface area contributed by atoms with Crippen LogP contribution < -0.4 is 5.32 Å². The molecule has 0 saturated carbocycles. The number of rotatable bonds is 8. The molecule has 12 heteroatoms. The van der Waals surface area contributed by atoms with Gasteiger partial charge in [0.15, 0.2) is 0 Å². The Hall–Kier alpha value is -3.28. The van der Waals surface area contributed by atoms with Crippen LogP contribution in [0.3, 0.4) is 0 Å². The van der Waals surface area contributed by atoms with Gasteiger partial charge in [-0.15, -0.1) is 11.3 Å². The second-order valence-corrected chi connectivity index (χ2v) is 7.53. The number of carbonyl (C=O) groups excluding carboxylic acids is 3. The molecule has 0 fully saturated rings. The summed E-state index contributed by atoms with van der Waals surface area (Å²) >= 11 is 0.898. The maximum Gasteiger partial charge on any atom is 0.348 e. The van der Waals surface area contributed by atoms with E-state index in [2.05, 4.69) is 10.4 Å². The van der Waals surface area contributed by atoms with E-state index in [9.17, 15) is 24.5 Å². The fourth-order valence-corrected chi connectivity index (χ4v) is 3.69. The molecular weight excluding hydrogens is 416 g/mol. The minimum Gasteiger partial charge on any atom is -0.462 e. The first kappa shape index (κ1) is 23.0. The molecule has 0 unspecified atom stereocenters. The molecule has 2 heterocycles. The van der Waals surface area contributed by atoms with Crippen LogP contribution in [0.25, 0.3) is 0 Å². The third-order valence-electron chi connectivity index (χ3n) is 3.97. The lowest BCUT2D eigenvalue weighted by atomic mass is 10.1. The van der Waals surface area contributed by atoms with Crippen LogP contribution in [0, 0.1) is 24.0 Å². The fourth-order valence-electron chi connectivity index (χ4n) is 2.59. The van der Waals surface area contributed by atoms with Crippen LogP contribution in [0.2, 0.25) is 0 Å². The second kappa shape index (κ2) is 9.48. The van der Waals surface area contributed by atoms with Crippen LogP contribution in [-0.4, -0.2) is 45.3 Å². The molecule has 2 aromatic heterocycles. The molecule has 162 valence electrons. The van der Waals surface area contributed by atoms with Gasteiger partial charge in [-0.25, -0.2) is 9.59 Å². The highest BCUT2D eigenvalue weighted by Gasteiger charge is 2.28. The van der Waals surface area contributed by atoms with Gasteiger partial charge < -0.3 is 14.8 Å². The van der Waals surface area contributed by atoms with E-state index in [1.807, 2.05) is 0 Å². The predicted octanol–water partition coefficient (Wildman–Crippen LogP) is 2.85. The van der Waals surface area contributed by atoms with Gasteiger partial charge in [-0.05, 0) is 40.2 Å². The SMILES string of the molecule is CCOC(=O)c1sc(NC(=O)Cn2ncc([N+](=O)[O-])c2C)c(C(=O)OC(C)C)c1C. The number of esters is 2. The molecule has 0 aromatic carbocycles. The Morgan fingerprint density at radius 3 is 2.50 bits per heavy atom. The van der Waals surface area contributed by atoms with Crippen molar-refractivity contribution in [1.82, 2.24) is 9.78 Å². The van der Waals surface area contributed by atoms with Gasteiger partial charge >= 0.3 is 17.6 Å². The topological polar surface area (TPSA) is 143 Å². The van der Waals surface area contributed by atoms with E-state index in [1.54, 1.807) is 27.7 Å². The highest BCUT2D eigenvalue weighted by atomic mass is 32.1. The maximum absolute atomic E-state index is 12.6. The number of hydrogen-bond acceptors (Lipinski definition) is 9. The standard InChI is InChI=1S/C18H22N4O7S/c1-6-28-18(25)15-10(4)14(17(24)29-9(2)3)16(30-15)20-13(23)8-21-11(5)12(7-19-21)22(26)27/h7,9H,6,8H2,1-5H3,(H,20,23). The number of amides is 1. The Morgan fingerprint density at radius 1 is 1.30 bits per heavy atom. The monoisotopic (exact) mass is 438 g/mol. The first-order chi connectivity index (χ1) is 14.1. The average Bonchev–Trinajstić information content (AvgIpc) is 3.15. The molecule has 2 aromatic rings. The number of nitrogens with one attached hydrogen (secondary N) is 1. The highest BCUT2D eigenvalue weighted by molar-refractivity contribution is 7.18. The lowest BCUT2D eigenvalue weighted by molar-refractivity contribution is -0.385. The normalized spacial score (nSPS) is 10.7. The molecule has 0 radical (unpaired) electrons. The van der Waals surface area contributed by atoms with Gasteiger partial charge in [-0.2, -0.15) is 5.10 Å². The Labute approximate surface area is 176 Å². The summed E-state index contributed by atoms with van der Waals surface area (Å²) in [4.78, 5) is 47.8. The summed E-state index contributed by atoms with van der Waals surface area (Å²) in [6.45, 7) is 7.89. The highest BCUT2D eigenvalue weighted by Crippen LogP contribution is 2.34. The molecular formula is C18H22N4O7S. The number of nitrogens with zero attached hydrogens (tertiary/aromatic N) is 3. The first-order valence-electron chi connectivity index (χ1n) is 9.04. The lowest BCUT2D eigenvalue weighted by Crippen LogP contribution is -2.21. The van der Waals surface area contributed by atoms with Crippen molar-refractivity contribution < 1.29 is 28.8 Å². The van der Waals surface area contributed by atoms with Gasteiger partial charge in [-0.3, -0.25) is 19.6 Å². The number of hydrogen-bond donors (Lipinski definition) is 1. The summed E-state index contributed by atoms with van der Waals surface area (Å²) in [5.74, 6) is -1.88. The summed E-state index contributed by atoms with van der Waals surface area (Å²) in [6.07, 6.45) is 0.654. The summed E-state index contributed by atoms with van der Waals surface area (Å²) in [7, 11) is 0. The number of ether oxygens (including phenoxy) is 2. The van der Waals surface area contributed by atoms with Crippen molar-refractivity contribution in [3.8, 4) is 0 Å². The van der Waals surface area contributed by atoms with Crippen molar-refractivity contribution in [2.45, 2.75) is 47.3 Å². The number of anilines is 1. The van der Waals surface area contributed by atoms with Crippen LogP contribution in [0.1, 0.15) is 52.1 Å². The summed E-state index contributed by atoms with van der Waals surface area (Å²) in [5.41, 5.74) is 0.406. The van der Waals surface area contributed by atoms with Gasteiger partial charge in [-0.1, -0.05) is 0 Å². The number of carbonyl (C=O) groups is 3. The molecule has 1 amide bonds. The van der Waals surface area contributed by atoms with Gasteiger partial charge in [0, 0.05) is 0 Å². The summed E-state index contributed by atoms with van der Waals surface area (Å²) in [6, 6.07) is 0. The van der Waals surface area contributed by atoms with Crippen molar-refractivity contribution >= 4 is 39.9 Å².